The zero-order valence-corrected chi connectivity index (χ0v) is 17.4. The average Bonchev–Trinajstić information content (AvgIpc) is 3.45. The Kier molecular flexibility index (Phi) is 6.36. The Morgan fingerprint density at radius 2 is 2.00 bits per heavy atom. The predicted octanol–water partition coefficient (Wildman–Crippen LogP) is 1.50. The minimum atomic E-state index is -0.483. The van der Waals surface area contributed by atoms with Gasteiger partial charge in [0.1, 0.15) is 17.8 Å². The fraction of sp³-hybridized carbons (Fsp3) is 0.333. The van der Waals surface area contributed by atoms with Crippen LogP contribution in [0.5, 0.6) is 5.75 Å². The van der Waals surface area contributed by atoms with Gasteiger partial charge in [0.05, 0.1) is 12.8 Å². The summed E-state index contributed by atoms with van der Waals surface area (Å²) in [6.07, 6.45) is 2.67. The highest BCUT2D eigenvalue weighted by Gasteiger charge is 2.24. The first kappa shape index (κ1) is 21.4. The van der Waals surface area contributed by atoms with E-state index in [0.717, 1.165) is 0 Å². The summed E-state index contributed by atoms with van der Waals surface area (Å²) in [6, 6.07) is 6.23. The van der Waals surface area contributed by atoms with Crippen LogP contribution in [-0.2, 0) is 11.3 Å². The van der Waals surface area contributed by atoms with E-state index in [1.165, 1.54) is 18.6 Å². The molecule has 1 aliphatic rings. The summed E-state index contributed by atoms with van der Waals surface area (Å²) in [7, 11) is 0. The van der Waals surface area contributed by atoms with Crippen molar-refractivity contribution in [3.05, 3.63) is 64.3 Å². The molecule has 0 spiro atoms. The molecule has 4 rings (SSSR count). The predicted molar refractivity (Wildman–Crippen MR) is 110 cm³/mol. The number of aryl methyl sites for hydroxylation is 1. The number of nitrogens with zero attached hydrogens (tertiary/aromatic N) is 3. The molecule has 1 saturated heterocycles. The zero-order valence-electron chi connectivity index (χ0n) is 17.4. The number of carbonyl (C=O) groups is 2. The van der Waals surface area contributed by atoms with Crippen molar-refractivity contribution in [3.63, 3.8) is 0 Å². The van der Waals surface area contributed by atoms with Crippen molar-refractivity contribution >= 4 is 17.6 Å². The summed E-state index contributed by atoms with van der Waals surface area (Å²) < 4.78 is 20.8. The molecule has 11 heteroatoms. The molecule has 1 aliphatic heterocycles. The molecule has 3 aromatic rings. The molecule has 0 radical (unpaired) electrons. The van der Waals surface area contributed by atoms with Crippen LogP contribution in [0.2, 0.25) is 0 Å². The lowest BCUT2D eigenvalue weighted by atomic mass is 10.2. The van der Waals surface area contributed by atoms with Gasteiger partial charge >= 0.3 is 0 Å². The van der Waals surface area contributed by atoms with E-state index < -0.39 is 5.91 Å². The normalized spacial score (nSPS) is 14.3. The number of rotatable bonds is 7. The summed E-state index contributed by atoms with van der Waals surface area (Å²) in [5.41, 5.74) is -0.386. The van der Waals surface area contributed by atoms with E-state index in [9.17, 15) is 14.4 Å². The summed E-state index contributed by atoms with van der Waals surface area (Å²) in [5, 5.41) is 6.15. The maximum Gasteiger partial charge on any atom is 0.289 e. The van der Waals surface area contributed by atoms with E-state index in [1.807, 2.05) is 0 Å². The van der Waals surface area contributed by atoms with Crippen LogP contribution in [0.15, 0.2) is 54.9 Å². The Morgan fingerprint density at radius 1 is 1.19 bits per heavy atom. The van der Waals surface area contributed by atoms with Gasteiger partial charge in [-0.2, -0.15) is 0 Å². The smallest absolute Gasteiger partial charge is 0.289 e. The Morgan fingerprint density at radius 3 is 2.66 bits per heavy atom. The maximum atomic E-state index is 12.3. The van der Waals surface area contributed by atoms with Gasteiger partial charge in [-0.15, -0.1) is 0 Å². The third kappa shape index (κ3) is 5.24. The van der Waals surface area contributed by atoms with Crippen LogP contribution >= 0.6 is 0 Å². The van der Waals surface area contributed by atoms with Gasteiger partial charge in [0.25, 0.3) is 11.8 Å². The number of nitrogens with one attached hydrogen (secondary N) is 1. The summed E-state index contributed by atoms with van der Waals surface area (Å²) >= 11 is 0. The number of hydrogen-bond acceptors (Lipinski definition) is 9. The van der Waals surface area contributed by atoms with Gasteiger partial charge in [0.2, 0.25) is 11.2 Å². The van der Waals surface area contributed by atoms with Crippen molar-refractivity contribution in [2.45, 2.75) is 13.5 Å². The summed E-state index contributed by atoms with van der Waals surface area (Å²) in [5.74, 6) is 0.941. The van der Waals surface area contributed by atoms with E-state index in [4.69, 9.17) is 18.1 Å². The van der Waals surface area contributed by atoms with Crippen molar-refractivity contribution in [2.75, 3.05) is 38.1 Å². The van der Waals surface area contributed by atoms with E-state index >= 15 is 0 Å². The highest BCUT2D eigenvalue weighted by atomic mass is 16.5. The van der Waals surface area contributed by atoms with Crippen LogP contribution in [0, 0.1) is 6.92 Å². The fourth-order valence-electron chi connectivity index (χ4n) is 3.26. The largest absolute Gasteiger partial charge is 0.477 e. The van der Waals surface area contributed by atoms with Crippen LogP contribution in [0.3, 0.4) is 0 Å². The lowest BCUT2D eigenvalue weighted by molar-refractivity contribution is -0.118. The first-order valence-electron chi connectivity index (χ1n) is 10.0. The Labute approximate surface area is 182 Å². The molecule has 3 aromatic heterocycles. The molecule has 0 atom stereocenters. The first-order chi connectivity index (χ1) is 15.5. The SMILES string of the molecule is Cc1cc(NC(=O)COc2coc(CN3CCN(C(=O)c4ccco4)CC3)cc2=O)no1. The standard InChI is InChI=1S/C21H22N4O7/c1-14-9-19(23-32-14)22-20(27)13-31-18-12-30-15(10-16(18)26)11-24-4-6-25(7-5-24)21(28)17-3-2-8-29-17/h2-3,8-10,12H,4-7,11,13H2,1H3,(H,22,23,27). The van der Waals surface area contributed by atoms with Crippen molar-refractivity contribution in [2.24, 2.45) is 0 Å². The van der Waals surface area contributed by atoms with Crippen molar-refractivity contribution in [3.8, 4) is 5.75 Å². The van der Waals surface area contributed by atoms with Crippen LogP contribution in [0.25, 0.3) is 0 Å². The van der Waals surface area contributed by atoms with Crippen LogP contribution in [0.4, 0.5) is 5.82 Å². The number of hydrogen-bond donors (Lipinski definition) is 1. The number of ether oxygens (including phenoxy) is 1. The second-order valence-electron chi connectivity index (χ2n) is 7.28. The number of furan rings is 1. The second kappa shape index (κ2) is 9.52. The lowest BCUT2D eigenvalue weighted by Crippen LogP contribution is -2.48. The van der Waals surface area contributed by atoms with E-state index in [1.54, 1.807) is 30.0 Å². The van der Waals surface area contributed by atoms with Gasteiger partial charge in [-0.05, 0) is 19.1 Å². The minimum absolute atomic E-state index is 0.0610. The molecule has 0 aliphatic carbocycles. The number of amides is 2. The third-order valence-corrected chi connectivity index (χ3v) is 4.88. The van der Waals surface area contributed by atoms with E-state index in [2.05, 4.69) is 15.4 Å². The first-order valence-corrected chi connectivity index (χ1v) is 10.0. The van der Waals surface area contributed by atoms with Crippen LogP contribution in [-0.4, -0.2) is 59.6 Å². The number of aromatic nitrogens is 1. The van der Waals surface area contributed by atoms with Gasteiger partial charge in [-0.1, -0.05) is 5.16 Å². The Balaban J connectivity index is 1.25. The van der Waals surface area contributed by atoms with Crippen LogP contribution in [0.1, 0.15) is 22.1 Å². The third-order valence-electron chi connectivity index (χ3n) is 4.88. The molecule has 32 heavy (non-hydrogen) atoms. The molecule has 0 aromatic carbocycles. The molecule has 0 saturated carbocycles. The van der Waals surface area contributed by atoms with Gasteiger partial charge < -0.3 is 28.3 Å². The number of carbonyl (C=O) groups excluding carboxylic acids is 2. The average molecular weight is 442 g/mol. The molecular formula is C21H22N4O7. The Bertz CT molecular complexity index is 1130. The monoisotopic (exact) mass is 442 g/mol. The highest BCUT2D eigenvalue weighted by Crippen LogP contribution is 2.13. The van der Waals surface area contributed by atoms with Gasteiger partial charge in [-0.3, -0.25) is 19.3 Å². The summed E-state index contributed by atoms with van der Waals surface area (Å²) in [4.78, 5) is 40.3. The van der Waals surface area contributed by atoms with E-state index in [-0.39, 0.29) is 29.5 Å². The summed E-state index contributed by atoms with van der Waals surface area (Å²) in [6.45, 7) is 4.11. The molecular weight excluding hydrogens is 420 g/mol. The molecule has 1 fully saturated rings. The highest BCUT2D eigenvalue weighted by molar-refractivity contribution is 5.91. The van der Waals surface area contributed by atoms with Crippen LogP contribution < -0.4 is 15.5 Å². The molecule has 11 nitrogen and oxygen atoms in total. The van der Waals surface area contributed by atoms with E-state index in [0.29, 0.717) is 50.0 Å². The lowest BCUT2D eigenvalue weighted by Gasteiger charge is -2.33. The Hall–Kier alpha value is -3.86. The second-order valence-corrected chi connectivity index (χ2v) is 7.28. The zero-order chi connectivity index (χ0) is 22.5. The van der Waals surface area contributed by atoms with Crippen molar-refractivity contribution in [1.82, 2.24) is 15.0 Å². The molecule has 0 bridgehead atoms. The molecule has 1 N–H and O–H groups in total. The van der Waals surface area contributed by atoms with Crippen molar-refractivity contribution < 1.29 is 27.7 Å². The fourth-order valence-corrected chi connectivity index (χ4v) is 3.26. The van der Waals surface area contributed by atoms with Gasteiger partial charge in [0, 0.05) is 38.3 Å². The quantitative estimate of drug-likeness (QED) is 0.578. The number of anilines is 1. The van der Waals surface area contributed by atoms with Gasteiger partial charge in [0.15, 0.2) is 18.2 Å². The minimum Gasteiger partial charge on any atom is -0.477 e. The topological polar surface area (TPSA) is 131 Å². The van der Waals surface area contributed by atoms with Crippen molar-refractivity contribution in [1.29, 1.82) is 0 Å². The number of piperazine rings is 1. The maximum absolute atomic E-state index is 12.3. The van der Waals surface area contributed by atoms with Gasteiger partial charge in [-0.25, -0.2) is 0 Å². The molecule has 0 unspecified atom stereocenters. The molecule has 2 amide bonds. The molecule has 4 heterocycles. The molecule has 168 valence electrons.